The maximum Gasteiger partial charge on any atom is 0.235 e. The first-order valence-corrected chi connectivity index (χ1v) is 11.4. The van der Waals surface area contributed by atoms with Gasteiger partial charge in [-0.05, 0) is 31.0 Å². The number of nitrogens with zero attached hydrogens (tertiary/aromatic N) is 1. The summed E-state index contributed by atoms with van der Waals surface area (Å²) in [4.78, 5) is 19.9. The standard InChI is InChI=1S/C21H21F2N3O4S/c1-30-12-9-14-15(11-25-21(14)24-10-12)20(27)18-16(22)7-8-17(19(18)23)26-31(28,29)13-5-3-2-4-6-13/h7-11,13,26H,2-6H2,1H3,(H,24,25). The van der Waals surface area contributed by atoms with Crippen LogP contribution in [0.15, 0.2) is 30.6 Å². The number of halogens is 2. The molecule has 1 aliphatic rings. The molecule has 2 aromatic heterocycles. The number of sulfonamides is 1. The van der Waals surface area contributed by atoms with Gasteiger partial charge < -0.3 is 9.72 Å². The van der Waals surface area contributed by atoms with Crippen LogP contribution in [0.25, 0.3) is 11.0 Å². The number of carbonyl (C=O) groups excluding carboxylic acids is 1. The number of H-pyrrole nitrogens is 1. The Morgan fingerprint density at radius 1 is 1.23 bits per heavy atom. The molecular weight excluding hydrogens is 428 g/mol. The lowest BCUT2D eigenvalue weighted by atomic mass is 10.0. The van der Waals surface area contributed by atoms with E-state index in [0.717, 1.165) is 31.4 Å². The Labute approximate surface area is 177 Å². The van der Waals surface area contributed by atoms with Gasteiger partial charge in [0.25, 0.3) is 0 Å². The van der Waals surface area contributed by atoms with E-state index in [4.69, 9.17) is 4.74 Å². The minimum absolute atomic E-state index is 0.00788. The van der Waals surface area contributed by atoms with Crippen molar-refractivity contribution in [3.05, 3.63) is 53.4 Å². The Balaban J connectivity index is 1.72. The number of hydrogen-bond acceptors (Lipinski definition) is 5. The van der Waals surface area contributed by atoms with Crippen molar-refractivity contribution in [2.45, 2.75) is 37.4 Å². The van der Waals surface area contributed by atoms with Gasteiger partial charge in [0.2, 0.25) is 15.8 Å². The van der Waals surface area contributed by atoms with E-state index in [1.807, 2.05) is 0 Å². The number of nitrogens with one attached hydrogen (secondary N) is 2. The summed E-state index contributed by atoms with van der Waals surface area (Å²) < 4.78 is 62.3. The summed E-state index contributed by atoms with van der Waals surface area (Å²) >= 11 is 0. The number of methoxy groups -OCH3 is 1. The van der Waals surface area contributed by atoms with Crippen molar-refractivity contribution in [2.75, 3.05) is 11.8 Å². The van der Waals surface area contributed by atoms with Crippen LogP contribution >= 0.6 is 0 Å². The number of benzene rings is 1. The molecule has 1 aliphatic carbocycles. The highest BCUT2D eigenvalue weighted by molar-refractivity contribution is 7.93. The molecule has 0 bridgehead atoms. The van der Waals surface area contributed by atoms with E-state index in [1.54, 1.807) is 0 Å². The van der Waals surface area contributed by atoms with Gasteiger partial charge in [0.1, 0.15) is 17.2 Å². The maximum atomic E-state index is 15.2. The van der Waals surface area contributed by atoms with Crippen molar-refractivity contribution in [1.82, 2.24) is 9.97 Å². The second-order valence-corrected chi connectivity index (χ2v) is 9.45. The van der Waals surface area contributed by atoms with Crippen molar-refractivity contribution in [3.63, 3.8) is 0 Å². The predicted octanol–water partition coefficient (Wildman–Crippen LogP) is 4.16. The monoisotopic (exact) mass is 449 g/mol. The zero-order valence-electron chi connectivity index (χ0n) is 16.7. The van der Waals surface area contributed by atoms with Gasteiger partial charge in [-0.2, -0.15) is 0 Å². The maximum absolute atomic E-state index is 15.2. The van der Waals surface area contributed by atoms with Gasteiger partial charge in [-0.15, -0.1) is 0 Å². The van der Waals surface area contributed by atoms with E-state index in [2.05, 4.69) is 14.7 Å². The summed E-state index contributed by atoms with van der Waals surface area (Å²) in [5, 5.41) is -0.312. The normalized spacial score (nSPS) is 15.2. The summed E-state index contributed by atoms with van der Waals surface area (Å²) in [6.45, 7) is 0. The van der Waals surface area contributed by atoms with Crippen LogP contribution in [0.1, 0.15) is 48.0 Å². The fraction of sp³-hybridized carbons (Fsp3) is 0.333. The van der Waals surface area contributed by atoms with Crippen LogP contribution in [0, 0.1) is 11.6 Å². The largest absolute Gasteiger partial charge is 0.495 e. The Morgan fingerprint density at radius 3 is 2.68 bits per heavy atom. The van der Waals surface area contributed by atoms with Crippen LogP contribution in [-0.2, 0) is 10.0 Å². The lowest BCUT2D eigenvalue weighted by molar-refractivity contribution is 0.103. The lowest BCUT2D eigenvalue weighted by Crippen LogP contribution is -2.30. The number of aromatic nitrogens is 2. The number of carbonyl (C=O) groups is 1. The van der Waals surface area contributed by atoms with E-state index in [1.165, 1.54) is 25.6 Å². The SMILES string of the molecule is COc1cnc2[nH]cc(C(=O)c3c(F)ccc(NS(=O)(=O)C4CCCCC4)c3F)c2c1. The number of fused-ring (bicyclic) bond motifs is 1. The Morgan fingerprint density at radius 2 is 1.97 bits per heavy atom. The van der Waals surface area contributed by atoms with Gasteiger partial charge in [0.15, 0.2) is 5.82 Å². The number of ether oxygens (including phenoxy) is 1. The van der Waals surface area contributed by atoms with Gasteiger partial charge in [0, 0.05) is 17.1 Å². The van der Waals surface area contributed by atoms with Crippen molar-refractivity contribution >= 4 is 32.5 Å². The zero-order chi connectivity index (χ0) is 22.2. The molecule has 1 aromatic carbocycles. The van der Waals surface area contributed by atoms with Crippen LogP contribution in [0.3, 0.4) is 0 Å². The number of hydrogen-bond donors (Lipinski definition) is 2. The Kier molecular flexibility index (Phi) is 5.65. The molecule has 0 spiro atoms. The first kappa shape index (κ1) is 21.2. The number of anilines is 1. The van der Waals surface area contributed by atoms with Crippen molar-refractivity contribution in [2.24, 2.45) is 0 Å². The van der Waals surface area contributed by atoms with Crippen LogP contribution in [0.5, 0.6) is 5.75 Å². The Bertz CT molecular complexity index is 1250. The fourth-order valence-electron chi connectivity index (χ4n) is 3.87. The molecule has 3 aromatic rings. The summed E-state index contributed by atoms with van der Waals surface area (Å²) in [5.74, 6) is -2.91. The second kappa shape index (κ2) is 8.26. The van der Waals surface area contributed by atoms with E-state index in [-0.39, 0.29) is 5.56 Å². The van der Waals surface area contributed by atoms with Crippen molar-refractivity contribution in [3.8, 4) is 5.75 Å². The third kappa shape index (κ3) is 3.99. The molecule has 2 N–H and O–H groups in total. The summed E-state index contributed by atoms with van der Waals surface area (Å²) in [7, 11) is -2.44. The molecule has 0 radical (unpaired) electrons. The van der Waals surface area contributed by atoms with Crippen LogP contribution in [-0.4, -0.2) is 36.5 Å². The molecule has 1 fully saturated rings. The third-order valence-electron chi connectivity index (χ3n) is 5.55. The van der Waals surface area contributed by atoms with E-state index in [0.29, 0.717) is 29.6 Å². The summed E-state index contributed by atoms with van der Waals surface area (Å²) in [6, 6.07) is 3.39. The summed E-state index contributed by atoms with van der Waals surface area (Å²) in [5.41, 5.74) is -0.955. The molecule has 7 nitrogen and oxygen atoms in total. The number of aromatic amines is 1. The lowest BCUT2D eigenvalue weighted by Gasteiger charge is -2.22. The van der Waals surface area contributed by atoms with Gasteiger partial charge >= 0.3 is 0 Å². The average Bonchev–Trinajstić information content (AvgIpc) is 3.19. The molecule has 0 saturated heterocycles. The van der Waals surface area contributed by atoms with Crippen LogP contribution in [0.2, 0.25) is 0 Å². The molecule has 0 amide bonds. The third-order valence-corrected chi connectivity index (χ3v) is 7.40. The predicted molar refractivity (Wildman–Crippen MR) is 112 cm³/mol. The minimum Gasteiger partial charge on any atom is -0.495 e. The highest BCUT2D eigenvalue weighted by Gasteiger charge is 2.30. The fourth-order valence-corrected chi connectivity index (χ4v) is 5.45. The smallest absolute Gasteiger partial charge is 0.235 e. The first-order valence-electron chi connectivity index (χ1n) is 9.87. The molecule has 0 unspecified atom stereocenters. The average molecular weight is 449 g/mol. The molecule has 164 valence electrons. The van der Waals surface area contributed by atoms with Crippen LogP contribution < -0.4 is 9.46 Å². The van der Waals surface area contributed by atoms with Crippen molar-refractivity contribution in [1.29, 1.82) is 0 Å². The minimum atomic E-state index is -3.87. The van der Waals surface area contributed by atoms with Gasteiger partial charge in [0.05, 0.1) is 29.8 Å². The topological polar surface area (TPSA) is 101 Å². The first-order chi connectivity index (χ1) is 14.8. The van der Waals surface area contributed by atoms with Gasteiger partial charge in [-0.1, -0.05) is 19.3 Å². The zero-order valence-corrected chi connectivity index (χ0v) is 17.6. The number of ketones is 1. The number of pyridine rings is 1. The molecule has 10 heteroatoms. The van der Waals surface area contributed by atoms with Gasteiger partial charge in [-0.3, -0.25) is 9.52 Å². The Hall–Kier alpha value is -3.01. The van der Waals surface area contributed by atoms with Crippen molar-refractivity contribution < 1.29 is 26.7 Å². The van der Waals surface area contributed by atoms with E-state index < -0.39 is 43.9 Å². The highest BCUT2D eigenvalue weighted by Crippen LogP contribution is 2.30. The molecule has 0 aliphatic heterocycles. The van der Waals surface area contributed by atoms with E-state index in [9.17, 15) is 17.6 Å². The van der Waals surface area contributed by atoms with Gasteiger partial charge in [-0.25, -0.2) is 22.2 Å². The molecule has 2 heterocycles. The number of rotatable bonds is 6. The molecular formula is C21H21F2N3O4S. The van der Waals surface area contributed by atoms with E-state index >= 15 is 4.39 Å². The summed E-state index contributed by atoms with van der Waals surface area (Å²) in [6.07, 6.45) is 6.21. The molecule has 0 atom stereocenters. The van der Waals surface area contributed by atoms with Crippen LogP contribution in [0.4, 0.5) is 14.5 Å². The molecule has 1 saturated carbocycles. The second-order valence-electron chi connectivity index (χ2n) is 7.49. The molecule has 31 heavy (non-hydrogen) atoms. The quantitative estimate of drug-likeness (QED) is 0.551. The highest BCUT2D eigenvalue weighted by atomic mass is 32.2. The molecule has 4 rings (SSSR count).